The van der Waals surface area contributed by atoms with Crippen molar-refractivity contribution >= 4 is 17.5 Å². The molecule has 0 aromatic carbocycles. The van der Waals surface area contributed by atoms with E-state index >= 15 is 0 Å². The monoisotopic (exact) mass is 229 g/mol. The number of furan rings is 1. The zero-order chi connectivity index (χ0) is 11.4. The summed E-state index contributed by atoms with van der Waals surface area (Å²) in [6, 6.07) is 1.84. The van der Waals surface area contributed by atoms with Crippen LogP contribution >= 0.6 is 11.6 Å². The second-order valence-corrected chi connectivity index (χ2v) is 4.05. The fourth-order valence-electron chi connectivity index (χ4n) is 1.45. The fraction of sp³-hybridized carbons (Fsp3) is 0.545. The zero-order valence-corrected chi connectivity index (χ0v) is 10.0. The van der Waals surface area contributed by atoms with E-state index < -0.39 is 0 Å². The van der Waals surface area contributed by atoms with E-state index in [9.17, 15) is 4.79 Å². The minimum Gasteiger partial charge on any atom is -0.469 e. The van der Waals surface area contributed by atoms with Gasteiger partial charge in [-0.1, -0.05) is 0 Å². The van der Waals surface area contributed by atoms with E-state index in [0.717, 1.165) is 0 Å². The second kappa shape index (κ2) is 5.21. The maximum atomic E-state index is 12.1. The van der Waals surface area contributed by atoms with Crippen LogP contribution in [0, 0.1) is 6.92 Å². The lowest BCUT2D eigenvalue weighted by Crippen LogP contribution is -2.38. The maximum absolute atomic E-state index is 12.1. The molecule has 0 saturated carbocycles. The van der Waals surface area contributed by atoms with Crippen LogP contribution in [-0.2, 0) is 0 Å². The Morgan fingerprint density at radius 2 is 2.27 bits per heavy atom. The largest absolute Gasteiger partial charge is 0.469 e. The first-order valence-corrected chi connectivity index (χ1v) is 5.52. The second-order valence-electron chi connectivity index (χ2n) is 3.67. The third kappa shape index (κ3) is 2.75. The highest BCUT2D eigenvalue weighted by Gasteiger charge is 2.20. The average Bonchev–Trinajstić information content (AvgIpc) is 2.59. The molecule has 0 aliphatic heterocycles. The van der Waals surface area contributed by atoms with E-state index in [1.54, 1.807) is 17.9 Å². The van der Waals surface area contributed by atoms with E-state index in [-0.39, 0.29) is 11.9 Å². The summed E-state index contributed by atoms with van der Waals surface area (Å²) in [6.07, 6.45) is 1.53. The molecule has 84 valence electrons. The minimum atomic E-state index is -0.0168. The van der Waals surface area contributed by atoms with Crippen LogP contribution in [0.25, 0.3) is 0 Å². The summed E-state index contributed by atoms with van der Waals surface area (Å²) < 4.78 is 5.11. The van der Waals surface area contributed by atoms with Crippen molar-refractivity contribution in [2.45, 2.75) is 26.8 Å². The summed E-state index contributed by atoms with van der Waals surface area (Å²) in [4.78, 5) is 13.8. The van der Waals surface area contributed by atoms with E-state index in [0.29, 0.717) is 23.7 Å². The van der Waals surface area contributed by atoms with Crippen molar-refractivity contribution in [1.29, 1.82) is 0 Å². The van der Waals surface area contributed by atoms with Crippen LogP contribution in [0.15, 0.2) is 16.7 Å². The predicted octanol–water partition coefficient (Wildman–Crippen LogP) is 2.68. The summed E-state index contributed by atoms with van der Waals surface area (Å²) in [5.74, 6) is 1.08. The first-order valence-electron chi connectivity index (χ1n) is 4.99. The molecule has 0 radical (unpaired) electrons. The molecule has 0 bridgehead atoms. The molecular formula is C11H16ClNO2. The lowest BCUT2D eigenvalue weighted by atomic mass is 10.2. The SMILES string of the molecule is Cc1occc1C(=O)N(CCCl)C(C)C. The average molecular weight is 230 g/mol. The van der Waals surface area contributed by atoms with Crippen molar-refractivity contribution in [3.8, 4) is 0 Å². The van der Waals surface area contributed by atoms with Crippen LogP contribution < -0.4 is 0 Å². The number of rotatable bonds is 4. The molecular weight excluding hydrogens is 214 g/mol. The number of carbonyl (C=O) groups excluding carboxylic acids is 1. The van der Waals surface area contributed by atoms with Gasteiger partial charge in [0, 0.05) is 18.5 Å². The van der Waals surface area contributed by atoms with Crippen LogP contribution in [0.4, 0.5) is 0 Å². The number of nitrogens with zero attached hydrogens (tertiary/aromatic N) is 1. The van der Waals surface area contributed by atoms with Gasteiger partial charge in [0.2, 0.25) is 0 Å². The summed E-state index contributed by atoms with van der Waals surface area (Å²) in [5.41, 5.74) is 0.619. The Kier molecular flexibility index (Phi) is 4.21. The number of amides is 1. The van der Waals surface area contributed by atoms with E-state index in [2.05, 4.69) is 0 Å². The van der Waals surface area contributed by atoms with E-state index in [4.69, 9.17) is 16.0 Å². The molecule has 1 aromatic rings. The quantitative estimate of drug-likeness (QED) is 0.744. The summed E-state index contributed by atoms with van der Waals surface area (Å²) in [5, 5.41) is 0. The Bertz CT molecular complexity index is 333. The van der Waals surface area contributed by atoms with Crippen molar-refractivity contribution in [3.63, 3.8) is 0 Å². The highest BCUT2D eigenvalue weighted by atomic mass is 35.5. The summed E-state index contributed by atoms with van der Waals surface area (Å²) in [6.45, 7) is 6.29. The number of alkyl halides is 1. The molecule has 0 aliphatic rings. The Balaban J connectivity index is 2.86. The van der Waals surface area contributed by atoms with Crippen LogP contribution in [0.3, 0.4) is 0 Å². The Hall–Kier alpha value is -0.960. The van der Waals surface area contributed by atoms with Gasteiger partial charge in [-0.05, 0) is 26.8 Å². The van der Waals surface area contributed by atoms with Gasteiger partial charge in [0.15, 0.2) is 0 Å². The lowest BCUT2D eigenvalue weighted by Gasteiger charge is -2.25. The van der Waals surface area contributed by atoms with Gasteiger partial charge >= 0.3 is 0 Å². The van der Waals surface area contributed by atoms with E-state index in [1.807, 2.05) is 13.8 Å². The number of carbonyl (C=O) groups is 1. The lowest BCUT2D eigenvalue weighted by molar-refractivity contribution is 0.0716. The van der Waals surface area contributed by atoms with Crippen molar-refractivity contribution in [3.05, 3.63) is 23.7 Å². The predicted molar refractivity (Wildman–Crippen MR) is 60.3 cm³/mol. The van der Waals surface area contributed by atoms with Crippen molar-refractivity contribution in [2.75, 3.05) is 12.4 Å². The summed E-state index contributed by atoms with van der Waals surface area (Å²) >= 11 is 5.67. The molecule has 4 heteroatoms. The molecule has 15 heavy (non-hydrogen) atoms. The van der Waals surface area contributed by atoms with Gasteiger partial charge in [-0.25, -0.2) is 0 Å². The molecule has 0 aliphatic carbocycles. The molecule has 0 saturated heterocycles. The van der Waals surface area contributed by atoms with Crippen molar-refractivity contribution < 1.29 is 9.21 Å². The first kappa shape index (κ1) is 12.1. The number of halogens is 1. The highest BCUT2D eigenvalue weighted by Crippen LogP contribution is 2.14. The molecule has 0 atom stereocenters. The Labute approximate surface area is 95.0 Å². The fourth-order valence-corrected chi connectivity index (χ4v) is 1.63. The van der Waals surface area contributed by atoms with Crippen molar-refractivity contribution in [1.82, 2.24) is 4.90 Å². The zero-order valence-electron chi connectivity index (χ0n) is 9.29. The topological polar surface area (TPSA) is 33.5 Å². The van der Waals surface area contributed by atoms with Gasteiger partial charge in [0.1, 0.15) is 5.76 Å². The molecule has 0 fully saturated rings. The molecule has 0 N–H and O–H groups in total. The van der Waals surface area contributed by atoms with Gasteiger partial charge < -0.3 is 9.32 Å². The van der Waals surface area contributed by atoms with Crippen LogP contribution in [0.5, 0.6) is 0 Å². The number of hydrogen-bond acceptors (Lipinski definition) is 2. The molecule has 0 spiro atoms. The third-order valence-electron chi connectivity index (χ3n) is 2.30. The molecule has 1 rings (SSSR count). The maximum Gasteiger partial charge on any atom is 0.257 e. The molecule has 1 aromatic heterocycles. The van der Waals surface area contributed by atoms with Gasteiger partial charge in [-0.3, -0.25) is 4.79 Å². The molecule has 1 heterocycles. The standard InChI is InChI=1S/C11H16ClNO2/c1-8(2)13(6-5-12)11(14)10-4-7-15-9(10)3/h4,7-8H,5-6H2,1-3H3. The third-order valence-corrected chi connectivity index (χ3v) is 2.47. The minimum absolute atomic E-state index is 0.0168. The van der Waals surface area contributed by atoms with Crippen LogP contribution in [-0.4, -0.2) is 29.3 Å². The Morgan fingerprint density at radius 1 is 1.60 bits per heavy atom. The molecule has 1 amide bonds. The number of aryl methyl sites for hydroxylation is 1. The number of hydrogen-bond donors (Lipinski definition) is 0. The van der Waals surface area contributed by atoms with Gasteiger partial charge in [-0.2, -0.15) is 0 Å². The van der Waals surface area contributed by atoms with Crippen LogP contribution in [0.1, 0.15) is 30.0 Å². The normalized spacial score (nSPS) is 10.7. The van der Waals surface area contributed by atoms with E-state index in [1.165, 1.54) is 6.26 Å². The highest BCUT2D eigenvalue weighted by molar-refractivity contribution is 6.18. The summed E-state index contributed by atoms with van der Waals surface area (Å²) in [7, 11) is 0. The van der Waals surface area contributed by atoms with Gasteiger partial charge in [0.25, 0.3) is 5.91 Å². The van der Waals surface area contributed by atoms with Gasteiger partial charge in [-0.15, -0.1) is 11.6 Å². The van der Waals surface area contributed by atoms with Crippen LogP contribution in [0.2, 0.25) is 0 Å². The molecule has 3 nitrogen and oxygen atoms in total. The van der Waals surface area contributed by atoms with Gasteiger partial charge in [0.05, 0.1) is 11.8 Å². The first-order chi connectivity index (χ1) is 7.07. The molecule has 0 unspecified atom stereocenters. The van der Waals surface area contributed by atoms with Crippen molar-refractivity contribution in [2.24, 2.45) is 0 Å². The smallest absolute Gasteiger partial charge is 0.257 e. The Morgan fingerprint density at radius 3 is 2.67 bits per heavy atom.